The Kier molecular flexibility index (Phi) is 4.28. The van der Waals surface area contributed by atoms with Crippen LogP contribution in [0.1, 0.15) is 31.7 Å². The molecule has 3 heterocycles. The summed E-state index contributed by atoms with van der Waals surface area (Å²) < 4.78 is 0. The third kappa shape index (κ3) is 2.95. The van der Waals surface area contributed by atoms with Crippen LogP contribution in [0.4, 0.5) is 5.69 Å². The summed E-state index contributed by atoms with van der Waals surface area (Å²) in [6.45, 7) is 6.41. The van der Waals surface area contributed by atoms with Gasteiger partial charge in [-0.25, -0.2) is 0 Å². The lowest BCUT2D eigenvalue weighted by molar-refractivity contribution is -0.135. The van der Waals surface area contributed by atoms with Gasteiger partial charge in [0.25, 0.3) is 0 Å². The number of anilines is 1. The molecule has 1 aromatic rings. The molecule has 3 aliphatic rings. The quantitative estimate of drug-likeness (QED) is 0.912. The zero-order valence-electron chi connectivity index (χ0n) is 15.0. The average molecular weight is 341 g/mol. The Bertz CT molecular complexity index is 681. The summed E-state index contributed by atoms with van der Waals surface area (Å²) in [5.74, 6) is 0.0613. The number of nitrogens with zero attached hydrogens (tertiary/aromatic N) is 2. The van der Waals surface area contributed by atoms with E-state index < -0.39 is 0 Å². The van der Waals surface area contributed by atoms with Gasteiger partial charge < -0.3 is 15.1 Å². The molecule has 0 bridgehead atoms. The summed E-state index contributed by atoms with van der Waals surface area (Å²) in [4.78, 5) is 29.4. The zero-order chi connectivity index (χ0) is 17.4. The number of para-hydroxylation sites is 1. The van der Waals surface area contributed by atoms with Crippen molar-refractivity contribution < 1.29 is 9.59 Å². The highest BCUT2D eigenvalue weighted by atomic mass is 16.2. The highest BCUT2D eigenvalue weighted by Gasteiger charge is 2.45. The van der Waals surface area contributed by atoms with E-state index in [9.17, 15) is 9.59 Å². The second-order valence-corrected chi connectivity index (χ2v) is 7.82. The molecule has 0 radical (unpaired) electrons. The van der Waals surface area contributed by atoms with Gasteiger partial charge in [0.05, 0.1) is 5.92 Å². The van der Waals surface area contributed by atoms with Crippen LogP contribution in [0, 0.1) is 11.3 Å². The van der Waals surface area contributed by atoms with E-state index in [1.807, 2.05) is 28.0 Å². The molecule has 0 aliphatic carbocycles. The molecule has 5 nitrogen and oxygen atoms in total. The fourth-order valence-electron chi connectivity index (χ4n) is 4.70. The van der Waals surface area contributed by atoms with Gasteiger partial charge in [-0.05, 0) is 37.4 Å². The first kappa shape index (κ1) is 16.6. The Balaban J connectivity index is 1.46. The predicted octanol–water partition coefficient (Wildman–Crippen LogP) is 1.81. The molecule has 2 amide bonds. The monoisotopic (exact) mass is 341 g/mol. The Hall–Kier alpha value is -1.88. The fraction of sp³-hybridized carbons (Fsp3) is 0.600. The van der Waals surface area contributed by atoms with Gasteiger partial charge in [0.2, 0.25) is 11.8 Å². The zero-order valence-corrected chi connectivity index (χ0v) is 15.0. The van der Waals surface area contributed by atoms with Crippen LogP contribution in [0.3, 0.4) is 0 Å². The minimum Gasteiger partial charge on any atom is -0.342 e. The van der Waals surface area contributed by atoms with Crippen molar-refractivity contribution in [1.29, 1.82) is 0 Å². The average Bonchev–Trinajstić information content (AvgIpc) is 3.36. The number of hydrogen-bond donors (Lipinski definition) is 1. The van der Waals surface area contributed by atoms with Crippen LogP contribution < -0.4 is 10.2 Å². The second-order valence-electron chi connectivity index (χ2n) is 7.82. The molecule has 3 saturated heterocycles. The lowest BCUT2D eigenvalue weighted by atomic mass is 9.86. The molecule has 1 spiro atoms. The number of rotatable bonds is 3. The number of amides is 2. The molecule has 2 unspecified atom stereocenters. The van der Waals surface area contributed by atoms with Gasteiger partial charge in [0.15, 0.2) is 0 Å². The van der Waals surface area contributed by atoms with Crippen LogP contribution >= 0.6 is 0 Å². The van der Waals surface area contributed by atoms with Crippen molar-refractivity contribution in [3.63, 3.8) is 0 Å². The molecule has 0 aromatic heterocycles. The van der Waals surface area contributed by atoms with Crippen LogP contribution in [0.15, 0.2) is 24.3 Å². The minimum atomic E-state index is -0.193. The third-order valence-corrected chi connectivity index (χ3v) is 6.22. The molecule has 1 N–H and O–H groups in total. The number of hydrogen-bond acceptors (Lipinski definition) is 3. The maximum Gasteiger partial charge on any atom is 0.228 e. The Morgan fingerprint density at radius 1 is 1.32 bits per heavy atom. The van der Waals surface area contributed by atoms with Crippen LogP contribution in [-0.2, 0) is 16.0 Å². The summed E-state index contributed by atoms with van der Waals surface area (Å²) >= 11 is 0. The number of carbonyl (C=O) groups excluding carboxylic acids is 2. The molecule has 2 atom stereocenters. The maximum atomic E-state index is 13.0. The Morgan fingerprint density at radius 2 is 2.16 bits per heavy atom. The SMILES string of the molecule is CCc1ccccc1N1CC(C(=O)N2CCC3(CCNC3)C2)CC1=O. The van der Waals surface area contributed by atoms with Gasteiger partial charge in [0.1, 0.15) is 0 Å². The van der Waals surface area contributed by atoms with Crippen LogP contribution in [0.2, 0.25) is 0 Å². The first-order chi connectivity index (χ1) is 12.1. The van der Waals surface area contributed by atoms with Gasteiger partial charge in [0, 0.05) is 43.7 Å². The first-order valence-electron chi connectivity index (χ1n) is 9.50. The third-order valence-electron chi connectivity index (χ3n) is 6.22. The van der Waals surface area contributed by atoms with Crippen molar-refractivity contribution in [3.8, 4) is 0 Å². The molecule has 3 fully saturated rings. The maximum absolute atomic E-state index is 13.0. The highest BCUT2D eigenvalue weighted by Crippen LogP contribution is 2.37. The lowest BCUT2D eigenvalue weighted by Gasteiger charge is -2.25. The van der Waals surface area contributed by atoms with Crippen molar-refractivity contribution in [2.75, 3.05) is 37.6 Å². The van der Waals surface area contributed by atoms with Crippen molar-refractivity contribution in [2.24, 2.45) is 11.3 Å². The molecular formula is C20H27N3O2. The number of nitrogens with one attached hydrogen (secondary N) is 1. The van der Waals surface area contributed by atoms with Gasteiger partial charge in [-0.15, -0.1) is 0 Å². The number of aryl methyl sites for hydroxylation is 1. The summed E-state index contributed by atoms with van der Waals surface area (Å²) in [6.07, 6.45) is 3.49. The van der Waals surface area contributed by atoms with Crippen molar-refractivity contribution in [1.82, 2.24) is 10.2 Å². The first-order valence-corrected chi connectivity index (χ1v) is 9.50. The smallest absolute Gasteiger partial charge is 0.228 e. The van der Waals surface area contributed by atoms with Crippen LogP contribution in [-0.4, -0.2) is 49.4 Å². The predicted molar refractivity (Wildman–Crippen MR) is 97.4 cm³/mol. The van der Waals surface area contributed by atoms with E-state index in [0.29, 0.717) is 13.0 Å². The summed E-state index contributed by atoms with van der Waals surface area (Å²) in [5.41, 5.74) is 2.43. The topological polar surface area (TPSA) is 52.7 Å². The highest BCUT2D eigenvalue weighted by molar-refractivity contribution is 6.00. The molecule has 4 rings (SSSR count). The number of carbonyl (C=O) groups is 2. The van der Waals surface area contributed by atoms with Crippen molar-refractivity contribution in [3.05, 3.63) is 29.8 Å². The van der Waals surface area contributed by atoms with E-state index in [0.717, 1.165) is 51.1 Å². The van der Waals surface area contributed by atoms with E-state index in [4.69, 9.17) is 0 Å². The summed E-state index contributed by atoms with van der Waals surface area (Å²) in [5, 5.41) is 3.43. The number of benzene rings is 1. The van der Waals surface area contributed by atoms with E-state index in [1.54, 1.807) is 0 Å². The van der Waals surface area contributed by atoms with Crippen molar-refractivity contribution in [2.45, 2.75) is 32.6 Å². The normalized spacial score (nSPS) is 29.2. The molecule has 0 saturated carbocycles. The molecular weight excluding hydrogens is 314 g/mol. The van der Waals surface area contributed by atoms with Crippen LogP contribution in [0.25, 0.3) is 0 Å². The van der Waals surface area contributed by atoms with E-state index in [2.05, 4.69) is 18.3 Å². The van der Waals surface area contributed by atoms with Crippen LogP contribution in [0.5, 0.6) is 0 Å². The van der Waals surface area contributed by atoms with E-state index >= 15 is 0 Å². The minimum absolute atomic E-state index is 0.0793. The lowest BCUT2D eigenvalue weighted by Crippen LogP contribution is -2.38. The standard InChI is InChI=1S/C20H27N3O2/c1-2-15-5-3-4-6-17(15)23-12-16(11-18(23)24)19(25)22-10-8-20(14-22)7-9-21-13-20/h3-6,16,21H,2,7-14H2,1H3. The van der Waals surface area contributed by atoms with Gasteiger partial charge >= 0.3 is 0 Å². The molecule has 3 aliphatic heterocycles. The largest absolute Gasteiger partial charge is 0.342 e. The van der Waals surface area contributed by atoms with E-state index in [-0.39, 0.29) is 23.1 Å². The fourth-order valence-corrected chi connectivity index (χ4v) is 4.70. The van der Waals surface area contributed by atoms with Gasteiger partial charge in [-0.1, -0.05) is 25.1 Å². The summed E-state index contributed by atoms with van der Waals surface area (Å²) in [6, 6.07) is 8.03. The van der Waals surface area contributed by atoms with Crippen molar-refractivity contribution >= 4 is 17.5 Å². The van der Waals surface area contributed by atoms with Gasteiger partial charge in [-0.2, -0.15) is 0 Å². The summed E-state index contributed by atoms with van der Waals surface area (Å²) in [7, 11) is 0. The van der Waals surface area contributed by atoms with E-state index in [1.165, 1.54) is 5.56 Å². The molecule has 1 aromatic carbocycles. The molecule has 5 heteroatoms. The Morgan fingerprint density at radius 3 is 2.92 bits per heavy atom. The molecule has 25 heavy (non-hydrogen) atoms. The van der Waals surface area contributed by atoms with Gasteiger partial charge in [-0.3, -0.25) is 9.59 Å². The molecule has 134 valence electrons. The number of likely N-dealkylation sites (tertiary alicyclic amines) is 1. The second kappa shape index (κ2) is 6.45. The Labute approximate surface area is 149 Å².